The number of carbonyl (C=O) groups excluding carboxylic acids is 2. The summed E-state index contributed by atoms with van der Waals surface area (Å²) in [6.45, 7) is 6.66. The van der Waals surface area contributed by atoms with E-state index in [1.165, 1.54) is 40.2 Å². The molecule has 0 bridgehead atoms. The standard InChI is InChI=1S/C24H20N2O5S2/c1-4-11-30-23(29)20-14(2)25-24-26(22(28)19(33-24)13-18-6-5-12-32-18)21(20)16-7-9-17(10-8-16)31-15(3)27/h4-10,12-13,21H,1,11H2,2-3H3/b19-13-/t21-/m0/s1. The summed E-state index contributed by atoms with van der Waals surface area (Å²) in [5.41, 5.74) is 1.16. The summed E-state index contributed by atoms with van der Waals surface area (Å²) in [5.74, 6) is -0.640. The number of benzene rings is 1. The summed E-state index contributed by atoms with van der Waals surface area (Å²) in [4.78, 5) is 43.7. The van der Waals surface area contributed by atoms with E-state index < -0.39 is 18.0 Å². The molecule has 0 spiro atoms. The zero-order valence-corrected chi connectivity index (χ0v) is 19.6. The van der Waals surface area contributed by atoms with E-state index in [9.17, 15) is 14.4 Å². The zero-order chi connectivity index (χ0) is 23.5. The Morgan fingerprint density at radius 3 is 2.64 bits per heavy atom. The van der Waals surface area contributed by atoms with Gasteiger partial charge in [-0.1, -0.05) is 42.2 Å². The van der Waals surface area contributed by atoms with Crippen molar-refractivity contribution in [3.63, 3.8) is 0 Å². The summed E-state index contributed by atoms with van der Waals surface area (Å²) in [6, 6.07) is 9.80. The van der Waals surface area contributed by atoms with Crippen molar-refractivity contribution in [1.29, 1.82) is 0 Å². The summed E-state index contributed by atoms with van der Waals surface area (Å²) in [7, 11) is 0. The Morgan fingerprint density at radius 1 is 1.24 bits per heavy atom. The van der Waals surface area contributed by atoms with Gasteiger partial charge in [-0.15, -0.1) is 11.3 Å². The maximum atomic E-state index is 13.5. The second kappa shape index (κ2) is 9.51. The highest BCUT2D eigenvalue weighted by Gasteiger charge is 2.33. The van der Waals surface area contributed by atoms with E-state index in [1.807, 2.05) is 23.6 Å². The Balaban J connectivity index is 1.89. The number of aromatic nitrogens is 1. The number of esters is 2. The van der Waals surface area contributed by atoms with E-state index >= 15 is 0 Å². The molecule has 3 aromatic rings. The fourth-order valence-corrected chi connectivity index (χ4v) is 5.27. The van der Waals surface area contributed by atoms with Crippen molar-refractivity contribution in [3.05, 3.63) is 95.8 Å². The second-order valence-corrected chi connectivity index (χ2v) is 9.14. The average Bonchev–Trinajstić information content (AvgIpc) is 3.39. The number of fused-ring (bicyclic) bond motifs is 1. The van der Waals surface area contributed by atoms with Crippen LogP contribution in [0.1, 0.15) is 30.3 Å². The van der Waals surface area contributed by atoms with Gasteiger partial charge in [0.25, 0.3) is 5.56 Å². The monoisotopic (exact) mass is 480 g/mol. The van der Waals surface area contributed by atoms with Crippen LogP contribution in [0.5, 0.6) is 5.75 Å². The summed E-state index contributed by atoms with van der Waals surface area (Å²) < 4.78 is 12.5. The molecule has 168 valence electrons. The van der Waals surface area contributed by atoms with Crippen LogP contribution in [0.15, 0.2) is 75.5 Å². The highest BCUT2D eigenvalue weighted by Crippen LogP contribution is 2.31. The molecule has 1 atom stereocenters. The summed E-state index contributed by atoms with van der Waals surface area (Å²) >= 11 is 2.80. The summed E-state index contributed by atoms with van der Waals surface area (Å²) in [5, 5.41) is 1.94. The predicted octanol–water partition coefficient (Wildman–Crippen LogP) is 2.95. The van der Waals surface area contributed by atoms with Crippen LogP contribution < -0.4 is 19.6 Å². The lowest BCUT2D eigenvalue weighted by Gasteiger charge is -2.24. The van der Waals surface area contributed by atoms with Crippen molar-refractivity contribution < 1.29 is 19.1 Å². The Labute approximate surface area is 197 Å². The lowest BCUT2D eigenvalue weighted by molar-refractivity contribution is -0.138. The van der Waals surface area contributed by atoms with Gasteiger partial charge >= 0.3 is 11.9 Å². The third-order valence-electron chi connectivity index (χ3n) is 4.85. The van der Waals surface area contributed by atoms with Gasteiger partial charge in [-0.2, -0.15) is 0 Å². The number of carbonyl (C=O) groups is 2. The van der Waals surface area contributed by atoms with Gasteiger partial charge in [0.2, 0.25) is 0 Å². The molecule has 7 nitrogen and oxygen atoms in total. The Kier molecular flexibility index (Phi) is 6.52. The first-order chi connectivity index (χ1) is 15.9. The normalized spacial score (nSPS) is 15.6. The van der Waals surface area contributed by atoms with E-state index in [1.54, 1.807) is 31.2 Å². The van der Waals surface area contributed by atoms with Crippen molar-refractivity contribution in [2.24, 2.45) is 4.99 Å². The maximum Gasteiger partial charge on any atom is 0.338 e. The fraction of sp³-hybridized carbons (Fsp3) is 0.167. The molecular formula is C24H20N2O5S2. The van der Waals surface area contributed by atoms with Crippen molar-refractivity contribution in [1.82, 2.24) is 4.57 Å². The minimum atomic E-state index is -0.740. The minimum absolute atomic E-state index is 0.0382. The van der Waals surface area contributed by atoms with Crippen LogP contribution in [0.25, 0.3) is 6.08 Å². The zero-order valence-electron chi connectivity index (χ0n) is 17.9. The van der Waals surface area contributed by atoms with Crippen molar-refractivity contribution >= 4 is 40.7 Å². The maximum absolute atomic E-state index is 13.5. The molecule has 9 heteroatoms. The van der Waals surface area contributed by atoms with Gasteiger partial charge in [0.1, 0.15) is 12.4 Å². The molecule has 0 amide bonds. The van der Waals surface area contributed by atoms with Gasteiger partial charge < -0.3 is 9.47 Å². The summed E-state index contributed by atoms with van der Waals surface area (Å²) in [6.07, 6.45) is 3.30. The van der Waals surface area contributed by atoms with E-state index in [4.69, 9.17) is 9.47 Å². The van der Waals surface area contributed by atoms with Crippen LogP contribution in [0.4, 0.5) is 0 Å². The SMILES string of the molecule is C=CCOC(=O)C1=C(C)N=c2s/c(=C\c3cccs3)c(=O)n2[C@H]1c1ccc(OC(C)=O)cc1. The third-order valence-corrected chi connectivity index (χ3v) is 6.65. The number of nitrogens with zero attached hydrogens (tertiary/aromatic N) is 2. The average molecular weight is 481 g/mol. The smallest absolute Gasteiger partial charge is 0.338 e. The fourth-order valence-electron chi connectivity index (χ4n) is 3.50. The van der Waals surface area contributed by atoms with Crippen molar-refractivity contribution in [2.75, 3.05) is 6.61 Å². The predicted molar refractivity (Wildman–Crippen MR) is 127 cm³/mol. The Bertz CT molecular complexity index is 1430. The van der Waals surface area contributed by atoms with Gasteiger partial charge in [0, 0.05) is 11.8 Å². The number of hydrogen-bond acceptors (Lipinski definition) is 8. The van der Waals surface area contributed by atoms with Crippen molar-refractivity contribution in [3.8, 4) is 5.75 Å². The molecule has 1 aliphatic heterocycles. The molecule has 0 radical (unpaired) electrons. The number of thiazole rings is 1. The molecule has 1 aromatic carbocycles. The first-order valence-electron chi connectivity index (χ1n) is 10.0. The van der Waals surface area contributed by atoms with Crippen LogP contribution in [-0.4, -0.2) is 23.1 Å². The lowest BCUT2D eigenvalue weighted by atomic mass is 9.96. The Morgan fingerprint density at radius 2 is 2.00 bits per heavy atom. The molecule has 4 rings (SSSR count). The molecule has 2 aromatic heterocycles. The van der Waals surface area contributed by atoms with Crippen LogP contribution in [-0.2, 0) is 14.3 Å². The second-order valence-electron chi connectivity index (χ2n) is 7.15. The molecule has 0 saturated heterocycles. The molecule has 0 fully saturated rings. The molecule has 0 N–H and O–H groups in total. The number of ether oxygens (including phenoxy) is 2. The van der Waals surface area contributed by atoms with Gasteiger partial charge in [0.15, 0.2) is 4.80 Å². The highest BCUT2D eigenvalue weighted by molar-refractivity contribution is 7.11. The van der Waals surface area contributed by atoms with Crippen LogP contribution in [0.3, 0.4) is 0 Å². The number of hydrogen-bond donors (Lipinski definition) is 0. The van der Waals surface area contributed by atoms with Crippen LogP contribution in [0.2, 0.25) is 0 Å². The van der Waals surface area contributed by atoms with Gasteiger partial charge in [0.05, 0.1) is 21.8 Å². The molecule has 0 aliphatic carbocycles. The highest BCUT2D eigenvalue weighted by atomic mass is 32.1. The topological polar surface area (TPSA) is 87.0 Å². The minimum Gasteiger partial charge on any atom is -0.458 e. The van der Waals surface area contributed by atoms with E-state index in [-0.39, 0.29) is 17.7 Å². The van der Waals surface area contributed by atoms with E-state index in [0.29, 0.717) is 26.3 Å². The molecule has 0 unspecified atom stereocenters. The molecule has 1 aliphatic rings. The Hall–Kier alpha value is -3.56. The molecule has 0 saturated carbocycles. The van der Waals surface area contributed by atoms with Gasteiger partial charge in [-0.3, -0.25) is 14.2 Å². The molecular weight excluding hydrogens is 460 g/mol. The number of rotatable bonds is 6. The van der Waals surface area contributed by atoms with Crippen molar-refractivity contribution in [2.45, 2.75) is 19.9 Å². The largest absolute Gasteiger partial charge is 0.458 e. The van der Waals surface area contributed by atoms with E-state index in [2.05, 4.69) is 11.6 Å². The number of allylic oxidation sites excluding steroid dienone is 1. The van der Waals surface area contributed by atoms with E-state index in [0.717, 1.165) is 4.88 Å². The van der Waals surface area contributed by atoms with Crippen LogP contribution in [0, 0.1) is 0 Å². The quantitative estimate of drug-likeness (QED) is 0.308. The first-order valence-corrected chi connectivity index (χ1v) is 11.7. The molecule has 33 heavy (non-hydrogen) atoms. The van der Waals surface area contributed by atoms with Gasteiger partial charge in [-0.05, 0) is 42.1 Å². The lowest BCUT2D eigenvalue weighted by Crippen LogP contribution is -2.39. The molecule has 3 heterocycles. The number of thiophene rings is 1. The third kappa shape index (κ3) is 4.64. The first kappa shape index (κ1) is 22.6. The van der Waals surface area contributed by atoms with Gasteiger partial charge in [-0.25, -0.2) is 9.79 Å². The van der Waals surface area contributed by atoms with Crippen LogP contribution >= 0.6 is 22.7 Å².